The predicted octanol–water partition coefficient (Wildman–Crippen LogP) is 6.98. The van der Waals surface area contributed by atoms with Gasteiger partial charge in [-0.05, 0) is 71.5 Å². The number of hydrogen-bond acceptors (Lipinski definition) is 3. The van der Waals surface area contributed by atoms with Crippen molar-refractivity contribution < 1.29 is 14.3 Å². The molecule has 4 rings (SSSR count). The van der Waals surface area contributed by atoms with Crippen LogP contribution < -0.4 is 4.74 Å². The monoisotopic (exact) mass is 436 g/mol. The highest BCUT2D eigenvalue weighted by Crippen LogP contribution is 2.56. The lowest BCUT2D eigenvalue weighted by Gasteiger charge is -2.34. The third-order valence-corrected chi connectivity index (χ3v) is 6.19. The fourth-order valence-electron chi connectivity index (χ4n) is 4.83. The molecule has 0 unspecified atom stereocenters. The van der Waals surface area contributed by atoms with Crippen LogP contribution in [0.1, 0.15) is 37.5 Å². The molecule has 1 aliphatic rings. The number of carbonyl (C=O) groups excluding carboxylic acids is 1. The van der Waals surface area contributed by atoms with Crippen LogP contribution in [0.25, 0.3) is 11.1 Å². The van der Waals surface area contributed by atoms with E-state index in [9.17, 15) is 4.79 Å². The Hall–Kier alpha value is -3.85. The van der Waals surface area contributed by atoms with E-state index >= 15 is 0 Å². The molecule has 0 aliphatic heterocycles. The van der Waals surface area contributed by atoms with Crippen molar-refractivity contribution >= 4 is 5.97 Å². The lowest BCUT2D eigenvalue weighted by Crippen LogP contribution is -2.29. The van der Waals surface area contributed by atoms with Crippen molar-refractivity contribution in [1.29, 1.82) is 0 Å². The quantitative estimate of drug-likeness (QED) is 0.238. The molecule has 0 spiro atoms. The molecule has 3 heteroatoms. The second-order valence-electron chi connectivity index (χ2n) is 7.93. The summed E-state index contributed by atoms with van der Waals surface area (Å²) in [6.07, 6.45) is 7.86. The Bertz CT molecular complexity index is 1210. The van der Waals surface area contributed by atoms with Crippen LogP contribution in [-0.4, -0.2) is 13.1 Å². The minimum Gasteiger partial charge on any atom is -0.497 e. The lowest BCUT2D eigenvalue weighted by molar-refractivity contribution is -0.136. The minimum absolute atomic E-state index is 0.337. The second-order valence-corrected chi connectivity index (χ2v) is 7.93. The van der Waals surface area contributed by atoms with Crippen molar-refractivity contribution in [2.75, 3.05) is 7.11 Å². The molecule has 0 amide bonds. The van der Waals surface area contributed by atoms with Gasteiger partial charge in [-0.1, -0.05) is 72.8 Å². The molecule has 0 N–H and O–H groups in total. The summed E-state index contributed by atoms with van der Waals surface area (Å²) in [4.78, 5) is 11.5. The smallest absolute Gasteiger partial charge is 0.308 e. The van der Waals surface area contributed by atoms with Gasteiger partial charge in [-0.2, -0.15) is 0 Å². The SMILES string of the molecule is C\C=C(/C=C\C(=C/C)C1(c2ccc(OC)cc2)c2ccccc2-c2ccccc21)OC(C)=O. The van der Waals surface area contributed by atoms with Crippen molar-refractivity contribution in [2.24, 2.45) is 0 Å². The average molecular weight is 437 g/mol. The van der Waals surface area contributed by atoms with E-state index in [1.807, 2.05) is 25.1 Å². The van der Waals surface area contributed by atoms with E-state index in [-0.39, 0.29) is 5.97 Å². The third-order valence-electron chi connectivity index (χ3n) is 6.19. The van der Waals surface area contributed by atoms with E-state index in [0.29, 0.717) is 5.76 Å². The lowest BCUT2D eigenvalue weighted by atomic mass is 9.67. The van der Waals surface area contributed by atoms with Gasteiger partial charge in [-0.15, -0.1) is 0 Å². The Morgan fingerprint density at radius 2 is 1.36 bits per heavy atom. The Morgan fingerprint density at radius 1 is 0.788 bits per heavy atom. The van der Waals surface area contributed by atoms with Crippen LogP contribution >= 0.6 is 0 Å². The van der Waals surface area contributed by atoms with Crippen LogP contribution in [0, 0.1) is 0 Å². The highest BCUT2D eigenvalue weighted by molar-refractivity contribution is 5.86. The number of rotatable bonds is 6. The molecule has 3 aromatic rings. The molecular formula is C30H28O3. The fourth-order valence-corrected chi connectivity index (χ4v) is 4.83. The van der Waals surface area contributed by atoms with Crippen molar-refractivity contribution in [2.45, 2.75) is 26.2 Å². The molecule has 0 aromatic heterocycles. The number of allylic oxidation sites excluding steroid dienone is 5. The summed E-state index contributed by atoms with van der Waals surface area (Å²) in [6.45, 7) is 5.32. The maximum absolute atomic E-state index is 11.5. The Balaban J connectivity index is 2.00. The molecule has 0 radical (unpaired) electrons. The van der Waals surface area contributed by atoms with Crippen LogP contribution in [0.3, 0.4) is 0 Å². The van der Waals surface area contributed by atoms with Crippen LogP contribution in [0.2, 0.25) is 0 Å². The number of fused-ring (bicyclic) bond motifs is 3. The van der Waals surface area contributed by atoms with Crippen LogP contribution in [-0.2, 0) is 14.9 Å². The fraction of sp³-hybridized carbons (Fsp3) is 0.167. The maximum atomic E-state index is 11.5. The largest absolute Gasteiger partial charge is 0.497 e. The Kier molecular flexibility index (Phi) is 6.32. The van der Waals surface area contributed by atoms with Crippen LogP contribution in [0.5, 0.6) is 5.75 Å². The molecule has 1 aliphatic carbocycles. The van der Waals surface area contributed by atoms with E-state index in [1.54, 1.807) is 13.2 Å². The number of hydrogen-bond donors (Lipinski definition) is 0. The first-order chi connectivity index (χ1) is 16.1. The van der Waals surface area contributed by atoms with Gasteiger partial charge in [0.1, 0.15) is 11.5 Å². The molecule has 0 bridgehead atoms. The molecule has 0 heterocycles. The van der Waals surface area contributed by atoms with Crippen LogP contribution in [0.4, 0.5) is 0 Å². The third kappa shape index (κ3) is 3.80. The van der Waals surface area contributed by atoms with Gasteiger partial charge in [0.25, 0.3) is 0 Å². The van der Waals surface area contributed by atoms with Gasteiger partial charge in [-0.3, -0.25) is 4.79 Å². The van der Waals surface area contributed by atoms with Gasteiger partial charge in [0.15, 0.2) is 0 Å². The van der Waals surface area contributed by atoms with E-state index in [2.05, 4.69) is 79.7 Å². The molecule has 3 nitrogen and oxygen atoms in total. The minimum atomic E-state index is -0.514. The number of ether oxygens (including phenoxy) is 2. The first kappa shape index (κ1) is 22.3. The first-order valence-corrected chi connectivity index (χ1v) is 11.1. The van der Waals surface area contributed by atoms with Gasteiger partial charge < -0.3 is 9.47 Å². The van der Waals surface area contributed by atoms with Crippen molar-refractivity contribution in [3.63, 3.8) is 0 Å². The summed E-state index contributed by atoms with van der Waals surface area (Å²) >= 11 is 0. The van der Waals surface area contributed by atoms with Gasteiger partial charge in [0.05, 0.1) is 12.5 Å². The van der Waals surface area contributed by atoms with E-state index in [0.717, 1.165) is 16.9 Å². The van der Waals surface area contributed by atoms with E-state index in [4.69, 9.17) is 9.47 Å². The average Bonchev–Trinajstić information content (AvgIpc) is 3.15. The highest BCUT2D eigenvalue weighted by Gasteiger charge is 2.46. The van der Waals surface area contributed by atoms with Crippen molar-refractivity contribution in [3.8, 4) is 16.9 Å². The number of esters is 1. The van der Waals surface area contributed by atoms with Crippen LogP contribution in [0.15, 0.2) is 108 Å². The molecular weight excluding hydrogens is 408 g/mol. The van der Waals surface area contributed by atoms with Gasteiger partial charge in [0.2, 0.25) is 0 Å². The first-order valence-electron chi connectivity index (χ1n) is 11.1. The molecule has 0 saturated carbocycles. The standard InChI is InChI=1S/C30H28O3/c1-5-22(15-18-24(6-2)33-21(3)31)30(23-16-19-25(32-4)20-17-23)28-13-9-7-11-26(28)27-12-8-10-14-29(27)30/h5-20H,1-4H3/b18-15-,22-5+,24-6+. The van der Waals surface area contributed by atoms with Gasteiger partial charge in [0, 0.05) is 6.92 Å². The Morgan fingerprint density at radius 3 is 1.85 bits per heavy atom. The summed E-state index contributed by atoms with van der Waals surface area (Å²) in [7, 11) is 1.68. The summed E-state index contributed by atoms with van der Waals surface area (Å²) in [5.74, 6) is 1.000. The molecule has 0 fully saturated rings. The second kappa shape index (κ2) is 9.33. The summed E-state index contributed by atoms with van der Waals surface area (Å²) in [6, 6.07) is 25.4. The zero-order valence-corrected chi connectivity index (χ0v) is 19.5. The van der Waals surface area contributed by atoms with Gasteiger partial charge in [-0.25, -0.2) is 0 Å². The normalized spacial score (nSPS) is 14.7. The Labute approximate surface area is 195 Å². The van der Waals surface area contributed by atoms with E-state index in [1.165, 1.54) is 29.2 Å². The highest BCUT2D eigenvalue weighted by atomic mass is 16.5. The molecule has 3 aromatic carbocycles. The molecule has 0 atom stereocenters. The molecule has 33 heavy (non-hydrogen) atoms. The van der Waals surface area contributed by atoms with Crippen molar-refractivity contribution in [3.05, 3.63) is 125 Å². The van der Waals surface area contributed by atoms with Crippen molar-refractivity contribution in [1.82, 2.24) is 0 Å². The zero-order chi connectivity index (χ0) is 23.4. The predicted molar refractivity (Wildman–Crippen MR) is 133 cm³/mol. The zero-order valence-electron chi connectivity index (χ0n) is 19.5. The topological polar surface area (TPSA) is 35.5 Å². The molecule has 166 valence electrons. The number of carbonyl (C=O) groups is 1. The summed E-state index contributed by atoms with van der Waals surface area (Å²) < 4.78 is 10.8. The summed E-state index contributed by atoms with van der Waals surface area (Å²) in [5, 5.41) is 0. The van der Waals surface area contributed by atoms with E-state index < -0.39 is 5.41 Å². The number of benzene rings is 3. The summed E-state index contributed by atoms with van der Waals surface area (Å²) in [5.41, 5.74) is 6.63. The molecule has 0 saturated heterocycles. The maximum Gasteiger partial charge on any atom is 0.308 e. The van der Waals surface area contributed by atoms with Gasteiger partial charge >= 0.3 is 5.97 Å². The number of methoxy groups -OCH3 is 1.